The number of rotatable bonds is 7. The van der Waals surface area contributed by atoms with Crippen LogP contribution in [-0.2, 0) is 14.2 Å². The van der Waals surface area contributed by atoms with Crippen LogP contribution in [0.1, 0.15) is 50.9 Å². The second kappa shape index (κ2) is 11.2. The molecular weight excluding hydrogens is 520 g/mol. The summed E-state index contributed by atoms with van der Waals surface area (Å²) in [6.07, 6.45) is -6.62. The fourth-order valence-corrected chi connectivity index (χ4v) is 5.23. The minimum atomic E-state index is -1.74. The summed E-state index contributed by atoms with van der Waals surface area (Å²) in [6, 6.07) is 1.71. The van der Waals surface area contributed by atoms with Gasteiger partial charge in [-0.25, -0.2) is 4.79 Å². The summed E-state index contributed by atoms with van der Waals surface area (Å²) in [5.74, 6) is -3.39. The molecule has 3 rings (SSSR count). The molecule has 13 heteroatoms. The molecule has 0 radical (unpaired) electrons. The van der Waals surface area contributed by atoms with Crippen molar-refractivity contribution in [2.45, 2.75) is 94.7 Å². The third-order valence-electron chi connectivity index (χ3n) is 7.54. The maximum absolute atomic E-state index is 12.3. The lowest BCUT2D eigenvalue weighted by molar-refractivity contribution is -0.306. The van der Waals surface area contributed by atoms with Gasteiger partial charge in [0.2, 0.25) is 0 Å². The molecular formula is C26H38O13. The monoisotopic (exact) mass is 558 g/mol. The Hall–Kier alpha value is -2.49. The number of hydrogen-bond acceptors (Lipinski definition) is 13. The Labute approximate surface area is 225 Å². The molecule has 0 amide bonds. The fraction of sp³-hybridized carbons (Fsp3) is 0.654. The molecule has 1 saturated heterocycles. The Morgan fingerprint density at radius 1 is 1.03 bits per heavy atom. The summed E-state index contributed by atoms with van der Waals surface area (Å²) in [4.78, 5) is 12.3. The zero-order valence-corrected chi connectivity index (χ0v) is 22.1. The SMILES string of the molecule is C[C@H](/C=C/[C@@]1(O)C(C)(C)C[C@H](O)C[C@@]1(C)O)O[C@@H]1O[C@H](COC(=O)c2cc(O)c(O)c(O)c2)[C@@H](O)[C@H](O)[C@H]1O. The molecule has 13 nitrogen and oxygen atoms in total. The number of aromatic hydroxyl groups is 3. The van der Waals surface area contributed by atoms with E-state index in [2.05, 4.69) is 0 Å². The largest absolute Gasteiger partial charge is 0.504 e. The van der Waals surface area contributed by atoms with Gasteiger partial charge in [-0.3, -0.25) is 0 Å². The van der Waals surface area contributed by atoms with Gasteiger partial charge in [0.05, 0.1) is 23.4 Å². The maximum Gasteiger partial charge on any atom is 0.338 e. The Morgan fingerprint density at radius 3 is 2.18 bits per heavy atom. The lowest BCUT2D eigenvalue weighted by atomic mass is 9.57. The summed E-state index contributed by atoms with van der Waals surface area (Å²) in [5, 5.41) is 92.0. The van der Waals surface area contributed by atoms with E-state index in [0.717, 1.165) is 12.1 Å². The molecule has 0 spiro atoms. The molecule has 1 saturated carbocycles. The third kappa shape index (κ3) is 6.15. The average molecular weight is 559 g/mol. The van der Waals surface area contributed by atoms with Crippen LogP contribution >= 0.6 is 0 Å². The first kappa shape index (κ1) is 31.0. The highest BCUT2D eigenvalue weighted by atomic mass is 16.7. The Morgan fingerprint density at radius 2 is 1.62 bits per heavy atom. The first-order valence-electron chi connectivity index (χ1n) is 12.5. The third-order valence-corrected chi connectivity index (χ3v) is 7.54. The normalized spacial score (nSPS) is 37.5. The number of phenolic OH excluding ortho intramolecular Hbond substituents is 3. The number of carbonyl (C=O) groups is 1. The standard InChI is InChI=1S/C26H38O13/c1-12(5-6-26(36)24(2,3)9-14(27)10-25(26,4)35)38-23-21(33)20(32)19(31)17(39-23)11-37-22(34)13-7-15(28)18(30)16(29)8-13/h5-8,12,14,17,19-21,23,27-33,35-36H,9-11H2,1-4H3/b6-5+/t12-,14+,17-,19-,20+,21-,23-,25-,26-/m1/s1. The van der Waals surface area contributed by atoms with E-state index in [9.17, 15) is 50.8 Å². The Kier molecular flexibility index (Phi) is 8.90. The van der Waals surface area contributed by atoms with Gasteiger partial charge in [-0.05, 0) is 32.4 Å². The molecule has 1 aromatic carbocycles. The van der Waals surface area contributed by atoms with Gasteiger partial charge < -0.3 is 60.2 Å². The molecule has 9 N–H and O–H groups in total. The average Bonchev–Trinajstić information content (AvgIpc) is 2.83. The van der Waals surface area contributed by atoms with Crippen LogP contribution < -0.4 is 0 Å². The van der Waals surface area contributed by atoms with E-state index < -0.39 is 89.4 Å². The van der Waals surface area contributed by atoms with Crippen LogP contribution in [-0.4, -0.2) is 113 Å². The molecule has 2 fully saturated rings. The first-order valence-corrected chi connectivity index (χ1v) is 12.5. The van der Waals surface area contributed by atoms with Crippen molar-refractivity contribution in [3.05, 3.63) is 29.8 Å². The minimum Gasteiger partial charge on any atom is -0.504 e. The van der Waals surface area contributed by atoms with Crippen LogP contribution in [0.3, 0.4) is 0 Å². The van der Waals surface area contributed by atoms with Crippen molar-refractivity contribution in [1.29, 1.82) is 0 Å². The van der Waals surface area contributed by atoms with Crippen molar-refractivity contribution in [2.24, 2.45) is 5.41 Å². The number of aliphatic hydroxyl groups excluding tert-OH is 4. The summed E-state index contributed by atoms with van der Waals surface area (Å²) in [7, 11) is 0. The molecule has 1 heterocycles. The lowest BCUT2D eigenvalue weighted by Crippen LogP contribution is -2.65. The Bertz CT molecular complexity index is 1030. The van der Waals surface area contributed by atoms with Crippen LogP contribution in [0.5, 0.6) is 17.2 Å². The van der Waals surface area contributed by atoms with E-state index in [1.165, 1.54) is 19.1 Å². The van der Waals surface area contributed by atoms with Crippen LogP contribution in [0, 0.1) is 5.41 Å². The number of esters is 1. The predicted octanol–water partition coefficient (Wildman–Crippen LogP) is -0.608. The van der Waals surface area contributed by atoms with Gasteiger partial charge in [0, 0.05) is 11.8 Å². The summed E-state index contributed by atoms with van der Waals surface area (Å²) >= 11 is 0. The summed E-state index contributed by atoms with van der Waals surface area (Å²) in [6.45, 7) is 5.77. The Balaban J connectivity index is 1.68. The molecule has 1 aliphatic heterocycles. The fourth-order valence-electron chi connectivity index (χ4n) is 5.23. The number of carbonyl (C=O) groups excluding carboxylic acids is 1. The van der Waals surface area contributed by atoms with E-state index in [1.807, 2.05) is 0 Å². The number of benzene rings is 1. The highest BCUT2D eigenvalue weighted by Gasteiger charge is 2.58. The topological polar surface area (TPSA) is 227 Å². The molecule has 0 bridgehead atoms. The summed E-state index contributed by atoms with van der Waals surface area (Å²) < 4.78 is 16.3. The minimum absolute atomic E-state index is 0.0508. The maximum atomic E-state index is 12.3. The quantitative estimate of drug-likeness (QED) is 0.116. The zero-order valence-electron chi connectivity index (χ0n) is 22.1. The van der Waals surface area contributed by atoms with Gasteiger partial charge in [0.25, 0.3) is 0 Å². The van der Waals surface area contributed by atoms with Gasteiger partial charge in [-0.2, -0.15) is 0 Å². The van der Waals surface area contributed by atoms with Crippen molar-refractivity contribution >= 4 is 5.97 Å². The zero-order chi connectivity index (χ0) is 29.5. The number of aliphatic hydroxyl groups is 6. The second-order valence-electron chi connectivity index (χ2n) is 11.2. The smallest absolute Gasteiger partial charge is 0.338 e. The molecule has 0 aromatic heterocycles. The van der Waals surface area contributed by atoms with Crippen molar-refractivity contribution in [3.8, 4) is 17.2 Å². The highest BCUT2D eigenvalue weighted by molar-refractivity contribution is 5.91. The van der Waals surface area contributed by atoms with Crippen LogP contribution in [0.2, 0.25) is 0 Å². The van der Waals surface area contributed by atoms with Crippen LogP contribution in [0.15, 0.2) is 24.3 Å². The molecule has 0 unspecified atom stereocenters. The molecule has 220 valence electrons. The van der Waals surface area contributed by atoms with Gasteiger partial charge >= 0.3 is 5.97 Å². The first-order chi connectivity index (χ1) is 17.9. The molecule has 2 aliphatic rings. The predicted molar refractivity (Wildman–Crippen MR) is 133 cm³/mol. The van der Waals surface area contributed by atoms with E-state index in [0.29, 0.717) is 0 Å². The molecule has 39 heavy (non-hydrogen) atoms. The van der Waals surface area contributed by atoms with E-state index >= 15 is 0 Å². The summed E-state index contributed by atoms with van der Waals surface area (Å²) in [5.41, 5.74) is -4.63. The van der Waals surface area contributed by atoms with Crippen LogP contribution in [0.4, 0.5) is 0 Å². The van der Waals surface area contributed by atoms with E-state index in [-0.39, 0.29) is 18.4 Å². The second-order valence-corrected chi connectivity index (χ2v) is 11.2. The molecule has 9 atom stereocenters. The van der Waals surface area contributed by atoms with Crippen LogP contribution in [0.25, 0.3) is 0 Å². The van der Waals surface area contributed by atoms with Crippen molar-refractivity contribution < 1.29 is 65.0 Å². The van der Waals surface area contributed by atoms with Gasteiger partial charge in [-0.15, -0.1) is 0 Å². The lowest BCUT2D eigenvalue weighted by Gasteiger charge is -2.55. The van der Waals surface area contributed by atoms with Gasteiger partial charge in [-0.1, -0.05) is 26.0 Å². The van der Waals surface area contributed by atoms with Crippen molar-refractivity contribution in [3.63, 3.8) is 0 Å². The highest BCUT2D eigenvalue weighted by Crippen LogP contribution is 2.50. The number of phenols is 3. The molecule has 1 aliphatic carbocycles. The van der Waals surface area contributed by atoms with Gasteiger partial charge in [0.15, 0.2) is 23.5 Å². The number of hydrogen-bond donors (Lipinski definition) is 9. The van der Waals surface area contributed by atoms with Crippen molar-refractivity contribution in [1.82, 2.24) is 0 Å². The van der Waals surface area contributed by atoms with E-state index in [1.54, 1.807) is 20.8 Å². The van der Waals surface area contributed by atoms with Crippen molar-refractivity contribution in [2.75, 3.05) is 6.61 Å². The van der Waals surface area contributed by atoms with Gasteiger partial charge in [0.1, 0.15) is 36.6 Å². The van der Waals surface area contributed by atoms with E-state index in [4.69, 9.17) is 14.2 Å². The molecule has 1 aromatic rings. The number of ether oxygens (including phenoxy) is 3.